The van der Waals surface area contributed by atoms with Gasteiger partial charge in [-0.15, -0.1) is 0 Å². The number of rotatable bonds is 2. The fourth-order valence-corrected chi connectivity index (χ4v) is 3.88. The summed E-state index contributed by atoms with van der Waals surface area (Å²) >= 11 is 0. The Balaban J connectivity index is 1.49. The van der Waals surface area contributed by atoms with Crippen LogP contribution in [0.2, 0.25) is 0 Å². The third kappa shape index (κ3) is 3.72. The molecular formula is C20H26N4O3. The first-order valence-electron chi connectivity index (χ1n) is 9.36. The Morgan fingerprint density at radius 1 is 1.41 bits per heavy atom. The van der Waals surface area contributed by atoms with E-state index in [-0.39, 0.29) is 12.1 Å². The van der Waals surface area contributed by atoms with Crippen LogP contribution in [-0.4, -0.2) is 46.4 Å². The molecule has 1 atom stereocenters. The standard InChI is InChI=1S/C20H26N4O3/c1-20(2)12-24(11-14-5-7-16(26-3)9-18(14)27-20)19(25)22-15-6-4-13-10-21-23-17(13)8-15/h5,7,9-10,15H,4,6,8,11-12H2,1-3H3,(H,21,23)(H,22,25)/t15-/m1/s1. The van der Waals surface area contributed by atoms with Gasteiger partial charge in [-0.05, 0) is 44.4 Å². The number of hydrogen-bond donors (Lipinski definition) is 2. The topological polar surface area (TPSA) is 79.5 Å². The van der Waals surface area contributed by atoms with Crippen molar-refractivity contribution in [3.63, 3.8) is 0 Å². The zero-order valence-corrected chi connectivity index (χ0v) is 16.0. The van der Waals surface area contributed by atoms with Crippen LogP contribution in [0.3, 0.4) is 0 Å². The number of urea groups is 1. The molecule has 1 aliphatic heterocycles. The lowest BCUT2D eigenvalue weighted by atomic mass is 9.94. The normalized spacial score (nSPS) is 20.7. The van der Waals surface area contributed by atoms with Gasteiger partial charge in [0.2, 0.25) is 0 Å². The number of methoxy groups -OCH3 is 1. The molecule has 1 aromatic carbocycles. The Morgan fingerprint density at radius 2 is 2.26 bits per heavy atom. The predicted octanol–water partition coefficient (Wildman–Crippen LogP) is 2.66. The summed E-state index contributed by atoms with van der Waals surface area (Å²) in [6.45, 7) is 5.02. The smallest absolute Gasteiger partial charge is 0.318 e. The monoisotopic (exact) mass is 370 g/mol. The van der Waals surface area contributed by atoms with Crippen LogP contribution in [0.15, 0.2) is 24.4 Å². The van der Waals surface area contributed by atoms with Crippen molar-refractivity contribution in [2.45, 2.75) is 51.3 Å². The quantitative estimate of drug-likeness (QED) is 0.852. The van der Waals surface area contributed by atoms with Gasteiger partial charge in [0.15, 0.2) is 0 Å². The number of carbonyl (C=O) groups is 1. The van der Waals surface area contributed by atoms with Crippen LogP contribution in [-0.2, 0) is 19.4 Å². The van der Waals surface area contributed by atoms with Crippen LogP contribution in [0, 0.1) is 0 Å². The minimum atomic E-state index is -0.488. The highest BCUT2D eigenvalue weighted by Gasteiger charge is 2.33. The lowest BCUT2D eigenvalue weighted by molar-refractivity contribution is 0.0797. The molecule has 0 spiro atoms. The molecule has 1 aromatic heterocycles. The molecule has 7 nitrogen and oxygen atoms in total. The molecule has 2 N–H and O–H groups in total. The van der Waals surface area contributed by atoms with E-state index in [2.05, 4.69) is 15.5 Å². The molecule has 0 unspecified atom stereocenters. The van der Waals surface area contributed by atoms with Crippen LogP contribution in [0.4, 0.5) is 4.79 Å². The van der Waals surface area contributed by atoms with Gasteiger partial charge in [0, 0.05) is 29.8 Å². The van der Waals surface area contributed by atoms with Gasteiger partial charge < -0.3 is 19.7 Å². The average Bonchev–Trinajstić information content (AvgIpc) is 3.04. The summed E-state index contributed by atoms with van der Waals surface area (Å²) in [7, 11) is 1.64. The van der Waals surface area contributed by atoms with E-state index in [9.17, 15) is 4.79 Å². The van der Waals surface area contributed by atoms with Crippen molar-refractivity contribution >= 4 is 6.03 Å². The van der Waals surface area contributed by atoms with Crippen LogP contribution in [0.1, 0.15) is 37.1 Å². The average molecular weight is 370 g/mol. The number of aromatic amines is 1. The zero-order valence-electron chi connectivity index (χ0n) is 16.0. The molecule has 0 saturated heterocycles. The number of carbonyl (C=O) groups excluding carboxylic acids is 1. The first-order valence-corrected chi connectivity index (χ1v) is 9.36. The van der Waals surface area contributed by atoms with Crippen molar-refractivity contribution in [2.24, 2.45) is 0 Å². The summed E-state index contributed by atoms with van der Waals surface area (Å²) in [6.07, 6.45) is 4.55. The number of aromatic nitrogens is 2. The number of amides is 2. The minimum Gasteiger partial charge on any atom is -0.497 e. The fourth-order valence-electron chi connectivity index (χ4n) is 3.88. The Kier molecular flexibility index (Phi) is 4.45. The summed E-state index contributed by atoms with van der Waals surface area (Å²) in [4.78, 5) is 14.8. The largest absolute Gasteiger partial charge is 0.497 e. The molecule has 7 heteroatoms. The predicted molar refractivity (Wildman–Crippen MR) is 101 cm³/mol. The molecule has 27 heavy (non-hydrogen) atoms. The third-order valence-corrected chi connectivity index (χ3v) is 5.23. The number of H-pyrrole nitrogens is 1. The Morgan fingerprint density at radius 3 is 3.07 bits per heavy atom. The minimum absolute atomic E-state index is 0.0525. The van der Waals surface area contributed by atoms with E-state index in [0.717, 1.165) is 42.0 Å². The van der Waals surface area contributed by atoms with E-state index in [0.29, 0.717) is 13.1 Å². The Hall–Kier alpha value is -2.70. The number of fused-ring (bicyclic) bond motifs is 2. The summed E-state index contributed by atoms with van der Waals surface area (Å²) in [6, 6.07) is 5.82. The van der Waals surface area contributed by atoms with Gasteiger partial charge in [-0.1, -0.05) is 0 Å². The number of benzene rings is 1. The maximum absolute atomic E-state index is 13.0. The molecule has 2 aromatic rings. The van der Waals surface area contributed by atoms with Crippen molar-refractivity contribution in [3.8, 4) is 11.5 Å². The van der Waals surface area contributed by atoms with Crippen LogP contribution < -0.4 is 14.8 Å². The van der Waals surface area contributed by atoms with E-state index in [4.69, 9.17) is 9.47 Å². The SMILES string of the molecule is COc1ccc2c(c1)OC(C)(C)CN(C(=O)N[C@@H]1CCc3cn[nH]c3C1)C2. The van der Waals surface area contributed by atoms with E-state index in [1.165, 1.54) is 5.56 Å². The van der Waals surface area contributed by atoms with Gasteiger partial charge in [-0.2, -0.15) is 5.10 Å². The van der Waals surface area contributed by atoms with E-state index >= 15 is 0 Å². The molecule has 0 fully saturated rings. The second-order valence-corrected chi connectivity index (χ2v) is 7.95. The molecule has 144 valence electrons. The van der Waals surface area contributed by atoms with Crippen LogP contribution in [0.5, 0.6) is 11.5 Å². The van der Waals surface area contributed by atoms with E-state index < -0.39 is 5.60 Å². The van der Waals surface area contributed by atoms with Gasteiger partial charge in [0.05, 0.1) is 26.4 Å². The maximum atomic E-state index is 13.0. The van der Waals surface area contributed by atoms with Crippen molar-refractivity contribution < 1.29 is 14.3 Å². The van der Waals surface area contributed by atoms with Gasteiger partial charge in [-0.25, -0.2) is 4.79 Å². The Labute approximate surface area is 159 Å². The molecule has 0 bridgehead atoms. The second-order valence-electron chi connectivity index (χ2n) is 7.95. The lowest BCUT2D eigenvalue weighted by Gasteiger charge is -2.31. The zero-order chi connectivity index (χ0) is 19.0. The number of aryl methyl sites for hydroxylation is 1. The number of ether oxygens (including phenoxy) is 2. The number of nitrogens with one attached hydrogen (secondary N) is 2. The van der Waals surface area contributed by atoms with Crippen molar-refractivity contribution in [1.82, 2.24) is 20.4 Å². The van der Waals surface area contributed by atoms with E-state index in [1.54, 1.807) is 7.11 Å². The van der Waals surface area contributed by atoms with E-state index in [1.807, 2.05) is 43.1 Å². The van der Waals surface area contributed by atoms with Crippen molar-refractivity contribution in [2.75, 3.05) is 13.7 Å². The first kappa shape index (κ1) is 17.7. The molecule has 2 heterocycles. The highest BCUT2D eigenvalue weighted by molar-refractivity contribution is 5.75. The van der Waals surface area contributed by atoms with Crippen LogP contribution >= 0.6 is 0 Å². The molecule has 0 saturated carbocycles. The van der Waals surface area contributed by atoms with Crippen molar-refractivity contribution in [1.29, 1.82) is 0 Å². The number of nitrogens with zero attached hydrogens (tertiary/aromatic N) is 2. The summed E-state index contributed by atoms with van der Waals surface area (Å²) < 4.78 is 11.5. The third-order valence-electron chi connectivity index (χ3n) is 5.23. The maximum Gasteiger partial charge on any atom is 0.318 e. The van der Waals surface area contributed by atoms with Gasteiger partial charge >= 0.3 is 6.03 Å². The Bertz CT molecular complexity index is 846. The molecule has 2 amide bonds. The van der Waals surface area contributed by atoms with Gasteiger partial charge in [-0.3, -0.25) is 5.10 Å². The fraction of sp³-hybridized carbons (Fsp3) is 0.500. The number of hydrogen-bond acceptors (Lipinski definition) is 4. The second kappa shape index (κ2) is 6.79. The lowest BCUT2D eigenvalue weighted by Crippen LogP contribution is -2.50. The highest BCUT2D eigenvalue weighted by atomic mass is 16.5. The molecular weight excluding hydrogens is 344 g/mol. The van der Waals surface area contributed by atoms with Crippen LogP contribution in [0.25, 0.3) is 0 Å². The summed E-state index contributed by atoms with van der Waals surface area (Å²) in [5.41, 5.74) is 2.88. The molecule has 2 aliphatic rings. The molecule has 1 aliphatic carbocycles. The first-order chi connectivity index (χ1) is 12.9. The molecule has 0 radical (unpaired) electrons. The molecule has 4 rings (SSSR count). The van der Waals surface area contributed by atoms with Gasteiger partial charge in [0.25, 0.3) is 0 Å². The van der Waals surface area contributed by atoms with Gasteiger partial charge in [0.1, 0.15) is 17.1 Å². The summed E-state index contributed by atoms with van der Waals surface area (Å²) in [5, 5.41) is 10.3. The summed E-state index contributed by atoms with van der Waals surface area (Å²) in [5.74, 6) is 1.52. The van der Waals surface area contributed by atoms with Crippen molar-refractivity contribution in [3.05, 3.63) is 41.2 Å². The highest BCUT2D eigenvalue weighted by Crippen LogP contribution is 2.32.